The maximum absolute atomic E-state index is 5.42. The van der Waals surface area contributed by atoms with E-state index in [4.69, 9.17) is 17.0 Å². The number of benzene rings is 1. The molecule has 3 nitrogen and oxygen atoms in total. The predicted molar refractivity (Wildman–Crippen MR) is 85.9 cm³/mol. The molecule has 0 heterocycles. The van der Waals surface area contributed by atoms with Crippen molar-refractivity contribution in [1.82, 2.24) is 5.32 Å². The molecule has 0 unspecified atom stereocenters. The molecule has 0 saturated carbocycles. The molecule has 0 aliphatic rings. The van der Waals surface area contributed by atoms with Crippen molar-refractivity contribution < 1.29 is 4.74 Å². The van der Waals surface area contributed by atoms with Crippen molar-refractivity contribution >= 4 is 23.0 Å². The Labute approximate surface area is 121 Å². The molecule has 1 aromatic carbocycles. The second kappa shape index (κ2) is 7.14. The van der Waals surface area contributed by atoms with Gasteiger partial charge in [-0.1, -0.05) is 19.6 Å². The number of ether oxygens (including phenoxy) is 1. The molecule has 0 radical (unpaired) electrons. The molecule has 2 N–H and O–H groups in total. The van der Waals surface area contributed by atoms with Crippen molar-refractivity contribution in [2.45, 2.75) is 32.7 Å². The fraction of sp³-hybridized carbons (Fsp3) is 0.400. The lowest BCUT2D eigenvalue weighted by Gasteiger charge is -2.26. The summed E-state index contributed by atoms with van der Waals surface area (Å²) in [5.74, 6) is 0.818. The zero-order chi connectivity index (χ0) is 14.3. The van der Waals surface area contributed by atoms with E-state index in [0.717, 1.165) is 17.9 Å². The summed E-state index contributed by atoms with van der Waals surface area (Å²) in [7, 11) is 0. The average molecular weight is 278 g/mol. The quantitative estimate of drug-likeness (QED) is 0.613. The van der Waals surface area contributed by atoms with E-state index in [-0.39, 0.29) is 5.54 Å². The van der Waals surface area contributed by atoms with Crippen LogP contribution in [0.2, 0.25) is 0 Å². The molecule has 0 atom stereocenters. The number of rotatable bonds is 6. The van der Waals surface area contributed by atoms with E-state index in [0.29, 0.717) is 11.7 Å². The highest BCUT2D eigenvalue weighted by Gasteiger charge is 2.15. The first-order chi connectivity index (χ1) is 8.96. The van der Waals surface area contributed by atoms with Crippen LogP contribution in [0.1, 0.15) is 27.2 Å². The fourth-order valence-electron chi connectivity index (χ4n) is 1.35. The summed E-state index contributed by atoms with van der Waals surface area (Å²) >= 11 is 5.29. The van der Waals surface area contributed by atoms with E-state index >= 15 is 0 Å². The molecule has 1 aromatic rings. The van der Waals surface area contributed by atoms with Gasteiger partial charge in [0.05, 0.1) is 0 Å². The molecule has 0 aliphatic carbocycles. The lowest BCUT2D eigenvalue weighted by Crippen LogP contribution is -2.44. The van der Waals surface area contributed by atoms with Gasteiger partial charge in [-0.05, 0) is 56.8 Å². The molecule has 0 fully saturated rings. The number of nitrogens with one attached hydrogen (secondary N) is 2. The van der Waals surface area contributed by atoms with Crippen LogP contribution in [0.3, 0.4) is 0 Å². The minimum atomic E-state index is -0.00288. The smallest absolute Gasteiger partial charge is 0.171 e. The first-order valence-corrected chi connectivity index (χ1v) is 6.80. The number of anilines is 1. The van der Waals surface area contributed by atoms with Gasteiger partial charge in [0.2, 0.25) is 0 Å². The molecular weight excluding hydrogens is 256 g/mol. The molecule has 0 amide bonds. The molecule has 0 bridgehead atoms. The molecule has 1 rings (SSSR count). The summed E-state index contributed by atoms with van der Waals surface area (Å²) < 4.78 is 5.42. The summed E-state index contributed by atoms with van der Waals surface area (Å²) in [5, 5.41) is 7.07. The van der Waals surface area contributed by atoms with Gasteiger partial charge in [-0.2, -0.15) is 0 Å². The molecule has 0 saturated heterocycles. The second-order valence-corrected chi connectivity index (χ2v) is 5.35. The van der Waals surface area contributed by atoms with Crippen molar-refractivity contribution in [2.24, 2.45) is 0 Å². The molecule has 19 heavy (non-hydrogen) atoms. The van der Waals surface area contributed by atoms with Crippen LogP contribution in [-0.4, -0.2) is 17.3 Å². The SMILES string of the molecule is C=CCOc1ccc(NC(=S)NC(C)(C)CC)cc1. The highest BCUT2D eigenvalue weighted by molar-refractivity contribution is 7.80. The maximum Gasteiger partial charge on any atom is 0.171 e. The maximum atomic E-state index is 5.42. The van der Waals surface area contributed by atoms with E-state index in [2.05, 4.69) is 38.0 Å². The molecular formula is C15H22N2OS. The van der Waals surface area contributed by atoms with E-state index in [1.54, 1.807) is 6.08 Å². The van der Waals surface area contributed by atoms with Crippen molar-refractivity contribution in [2.75, 3.05) is 11.9 Å². The van der Waals surface area contributed by atoms with Crippen LogP contribution in [0.4, 0.5) is 5.69 Å². The summed E-state index contributed by atoms with van der Waals surface area (Å²) in [4.78, 5) is 0. The number of thiocarbonyl (C=S) groups is 1. The standard InChI is InChI=1S/C15H22N2OS/c1-5-11-18-13-9-7-12(8-10-13)16-14(19)17-15(3,4)6-2/h5,7-10H,1,6,11H2,2-4H3,(H2,16,17,19). The Hall–Kier alpha value is -1.55. The lowest BCUT2D eigenvalue weighted by molar-refractivity contribution is 0.363. The Morgan fingerprint density at radius 1 is 1.37 bits per heavy atom. The highest BCUT2D eigenvalue weighted by Crippen LogP contribution is 2.16. The van der Waals surface area contributed by atoms with Crippen LogP contribution >= 0.6 is 12.2 Å². The van der Waals surface area contributed by atoms with E-state index < -0.39 is 0 Å². The van der Waals surface area contributed by atoms with Crippen LogP contribution in [0, 0.1) is 0 Å². The highest BCUT2D eigenvalue weighted by atomic mass is 32.1. The third-order valence-corrected chi connectivity index (χ3v) is 3.02. The van der Waals surface area contributed by atoms with Crippen molar-refractivity contribution in [3.8, 4) is 5.75 Å². The summed E-state index contributed by atoms with van der Waals surface area (Å²) in [6, 6.07) is 7.68. The largest absolute Gasteiger partial charge is 0.490 e. The Bertz CT molecular complexity index is 426. The van der Waals surface area contributed by atoms with Crippen LogP contribution < -0.4 is 15.4 Å². The Morgan fingerprint density at radius 3 is 2.53 bits per heavy atom. The normalized spacial score (nSPS) is 10.7. The minimum absolute atomic E-state index is 0.00288. The van der Waals surface area contributed by atoms with Gasteiger partial charge >= 0.3 is 0 Å². The zero-order valence-corrected chi connectivity index (χ0v) is 12.6. The van der Waals surface area contributed by atoms with Gasteiger partial charge < -0.3 is 15.4 Å². The molecule has 104 valence electrons. The van der Waals surface area contributed by atoms with Gasteiger partial charge in [-0.25, -0.2) is 0 Å². The predicted octanol–water partition coefficient (Wildman–Crippen LogP) is 3.73. The van der Waals surface area contributed by atoms with Crippen molar-refractivity contribution in [1.29, 1.82) is 0 Å². The van der Waals surface area contributed by atoms with Crippen molar-refractivity contribution in [3.63, 3.8) is 0 Å². The Kier molecular flexibility index (Phi) is 5.83. The van der Waals surface area contributed by atoms with Crippen LogP contribution in [0.15, 0.2) is 36.9 Å². The first-order valence-electron chi connectivity index (χ1n) is 6.40. The molecule has 0 aliphatic heterocycles. The van der Waals surface area contributed by atoms with Gasteiger partial charge in [0.15, 0.2) is 5.11 Å². The Morgan fingerprint density at radius 2 is 2.00 bits per heavy atom. The molecule has 4 heteroatoms. The summed E-state index contributed by atoms with van der Waals surface area (Å²) in [6.45, 7) is 10.5. The average Bonchev–Trinajstić information content (AvgIpc) is 2.37. The Balaban J connectivity index is 2.53. The van der Waals surface area contributed by atoms with Gasteiger partial charge in [0.25, 0.3) is 0 Å². The lowest BCUT2D eigenvalue weighted by atomic mass is 10.0. The van der Waals surface area contributed by atoms with Gasteiger partial charge in [-0.15, -0.1) is 0 Å². The number of hydrogen-bond donors (Lipinski definition) is 2. The molecule has 0 aromatic heterocycles. The van der Waals surface area contributed by atoms with Crippen LogP contribution in [0.5, 0.6) is 5.75 Å². The van der Waals surface area contributed by atoms with Crippen molar-refractivity contribution in [3.05, 3.63) is 36.9 Å². The topological polar surface area (TPSA) is 33.3 Å². The van der Waals surface area contributed by atoms with Gasteiger partial charge in [0, 0.05) is 11.2 Å². The monoisotopic (exact) mass is 278 g/mol. The van der Waals surface area contributed by atoms with E-state index in [1.165, 1.54) is 0 Å². The van der Waals surface area contributed by atoms with Gasteiger partial charge in [-0.3, -0.25) is 0 Å². The first kappa shape index (κ1) is 15.5. The van der Waals surface area contributed by atoms with E-state index in [1.807, 2.05) is 24.3 Å². The molecule has 0 spiro atoms. The summed E-state index contributed by atoms with van der Waals surface area (Å²) in [6.07, 6.45) is 2.72. The second-order valence-electron chi connectivity index (χ2n) is 4.94. The number of hydrogen-bond acceptors (Lipinski definition) is 2. The van der Waals surface area contributed by atoms with Gasteiger partial charge in [0.1, 0.15) is 12.4 Å². The summed E-state index contributed by atoms with van der Waals surface area (Å²) in [5.41, 5.74) is 0.937. The van der Waals surface area contributed by atoms with Crippen LogP contribution in [0.25, 0.3) is 0 Å². The third-order valence-electron chi connectivity index (χ3n) is 2.82. The fourth-order valence-corrected chi connectivity index (χ4v) is 1.74. The van der Waals surface area contributed by atoms with E-state index in [9.17, 15) is 0 Å². The van der Waals surface area contributed by atoms with Crippen LogP contribution in [-0.2, 0) is 0 Å². The minimum Gasteiger partial charge on any atom is -0.490 e. The zero-order valence-electron chi connectivity index (χ0n) is 11.8. The third kappa shape index (κ3) is 5.75.